The number of ether oxygens (including phenoxy) is 1. The molecule has 0 fully saturated rings. The highest BCUT2D eigenvalue weighted by Gasteiger charge is 2.01. The number of hydrogen-bond donors (Lipinski definition) is 2. The number of aromatic nitrogens is 2. The predicted molar refractivity (Wildman–Crippen MR) is 54.6 cm³/mol. The van der Waals surface area contributed by atoms with E-state index in [2.05, 4.69) is 17.4 Å². The molecule has 84 valence electrons. The van der Waals surface area contributed by atoms with Gasteiger partial charge in [0.25, 0.3) is 0 Å². The summed E-state index contributed by atoms with van der Waals surface area (Å²) in [4.78, 5) is 11.4. The summed E-state index contributed by atoms with van der Waals surface area (Å²) in [6, 6.07) is 1.61. The van der Waals surface area contributed by atoms with Gasteiger partial charge in [0, 0.05) is 6.07 Å². The predicted octanol–water partition coefficient (Wildman–Crippen LogP) is 1.67. The van der Waals surface area contributed by atoms with Crippen LogP contribution in [0, 0.1) is 0 Å². The van der Waals surface area contributed by atoms with Crippen LogP contribution < -0.4 is 10.2 Å². The standard InChI is InChI=1S/C9H15N3O3/c1-2-3-4-7-15-8-5-6-12(10-8)11-9(13)14/h5-6,11H,2-4,7H2,1H3,(H,13,14). The summed E-state index contributed by atoms with van der Waals surface area (Å²) in [5, 5.41) is 12.3. The molecule has 0 saturated heterocycles. The fourth-order valence-corrected chi connectivity index (χ4v) is 1.07. The smallest absolute Gasteiger partial charge is 0.425 e. The third kappa shape index (κ3) is 4.35. The van der Waals surface area contributed by atoms with E-state index in [1.54, 1.807) is 6.07 Å². The highest BCUT2D eigenvalue weighted by Crippen LogP contribution is 2.05. The Bertz CT molecular complexity index is 311. The molecule has 0 bridgehead atoms. The summed E-state index contributed by atoms with van der Waals surface area (Å²) in [6.07, 6.45) is 3.57. The lowest BCUT2D eigenvalue weighted by Gasteiger charge is -2.01. The number of unbranched alkanes of at least 4 members (excludes halogenated alkanes) is 2. The lowest BCUT2D eigenvalue weighted by molar-refractivity contribution is 0.205. The van der Waals surface area contributed by atoms with Crippen molar-refractivity contribution in [2.24, 2.45) is 0 Å². The molecular formula is C9H15N3O3. The maximum atomic E-state index is 10.3. The summed E-state index contributed by atoms with van der Waals surface area (Å²) in [5.41, 5.74) is 2.07. The number of nitrogens with one attached hydrogen (secondary N) is 1. The minimum absolute atomic E-state index is 0.430. The van der Waals surface area contributed by atoms with Crippen LogP contribution in [0.4, 0.5) is 4.79 Å². The van der Waals surface area contributed by atoms with E-state index in [9.17, 15) is 4.79 Å². The Morgan fingerprint density at radius 1 is 1.67 bits per heavy atom. The average molecular weight is 213 g/mol. The molecular weight excluding hydrogens is 198 g/mol. The van der Waals surface area contributed by atoms with Gasteiger partial charge in [-0.15, -0.1) is 5.10 Å². The lowest BCUT2D eigenvalue weighted by atomic mass is 10.3. The molecule has 0 atom stereocenters. The van der Waals surface area contributed by atoms with Gasteiger partial charge in [0.2, 0.25) is 5.88 Å². The van der Waals surface area contributed by atoms with Gasteiger partial charge in [-0.1, -0.05) is 19.8 Å². The molecule has 2 N–H and O–H groups in total. The van der Waals surface area contributed by atoms with Crippen LogP contribution in [-0.2, 0) is 0 Å². The van der Waals surface area contributed by atoms with Crippen molar-refractivity contribution >= 4 is 6.09 Å². The van der Waals surface area contributed by atoms with Crippen molar-refractivity contribution < 1.29 is 14.6 Å². The van der Waals surface area contributed by atoms with E-state index in [0.29, 0.717) is 12.5 Å². The van der Waals surface area contributed by atoms with Gasteiger partial charge >= 0.3 is 6.09 Å². The molecule has 1 aromatic heterocycles. The van der Waals surface area contributed by atoms with E-state index in [1.165, 1.54) is 6.20 Å². The molecule has 1 rings (SSSR count). The summed E-state index contributed by atoms with van der Waals surface area (Å²) in [5.74, 6) is 0.430. The van der Waals surface area contributed by atoms with Gasteiger partial charge in [-0.05, 0) is 6.42 Å². The van der Waals surface area contributed by atoms with Crippen molar-refractivity contribution in [1.82, 2.24) is 9.89 Å². The molecule has 6 heteroatoms. The summed E-state index contributed by atoms with van der Waals surface area (Å²) in [6.45, 7) is 2.73. The second kappa shape index (κ2) is 5.90. The Hall–Kier alpha value is -1.72. The normalized spacial score (nSPS) is 9.93. The first kappa shape index (κ1) is 11.4. The fourth-order valence-electron chi connectivity index (χ4n) is 1.07. The van der Waals surface area contributed by atoms with Gasteiger partial charge in [0.1, 0.15) is 0 Å². The maximum Gasteiger partial charge on any atom is 0.425 e. The second-order valence-corrected chi connectivity index (χ2v) is 3.07. The van der Waals surface area contributed by atoms with Crippen molar-refractivity contribution in [3.63, 3.8) is 0 Å². The zero-order valence-electron chi connectivity index (χ0n) is 8.64. The number of carbonyl (C=O) groups is 1. The third-order valence-electron chi connectivity index (χ3n) is 1.77. The molecule has 15 heavy (non-hydrogen) atoms. The maximum absolute atomic E-state index is 10.3. The van der Waals surface area contributed by atoms with Crippen LogP contribution in [0.2, 0.25) is 0 Å². The van der Waals surface area contributed by atoms with Crippen LogP contribution in [-0.4, -0.2) is 27.7 Å². The fraction of sp³-hybridized carbons (Fsp3) is 0.556. The zero-order valence-corrected chi connectivity index (χ0v) is 8.64. The molecule has 0 radical (unpaired) electrons. The summed E-state index contributed by atoms with van der Waals surface area (Å²) < 4.78 is 5.31. The van der Waals surface area contributed by atoms with Crippen molar-refractivity contribution in [3.8, 4) is 5.88 Å². The van der Waals surface area contributed by atoms with E-state index >= 15 is 0 Å². The van der Waals surface area contributed by atoms with E-state index < -0.39 is 6.09 Å². The molecule has 1 amide bonds. The summed E-state index contributed by atoms with van der Waals surface area (Å²) in [7, 11) is 0. The van der Waals surface area contributed by atoms with Crippen molar-refractivity contribution in [1.29, 1.82) is 0 Å². The molecule has 0 spiro atoms. The first-order valence-corrected chi connectivity index (χ1v) is 4.91. The highest BCUT2D eigenvalue weighted by molar-refractivity contribution is 5.73. The van der Waals surface area contributed by atoms with Gasteiger partial charge in [-0.2, -0.15) is 4.79 Å². The quantitative estimate of drug-likeness (QED) is 0.705. The van der Waals surface area contributed by atoms with E-state index in [-0.39, 0.29) is 0 Å². The Kier molecular flexibility index (Phi) is 4.46. The minimum Gasteiger partial charge on any atom is -0.477 e. The van der Waals surface area contributed by atoms with E-state index in [0.717, 1.165) is 24.1 Å². The number of carboxylic acid groups (broad SMARTS) is 1. The molecule has 1 aromatic rings. The van der Waals surface area contributed by atoms with Crippen molar-refractivity contribution in [3.05, 3.63) is 12.3 Å². The Balaban J connectivity index is 2.29. The molecule has 0 aliphatic rings. The molecule has 0 aliphatic carbocycles. The number of amides is 1. The number of hydrogen-bond acceptors (Lipinski definition) is 3. The van der Waals surface area contributed by atoms with E-state index in [1.807, 2.05) is 0 Å². The molecule has 6 nitrogen and oxygen atoms in total. The van der Waals surface area contributed by atoms with Gasteiger partial charge in [0.15, 0.2) is 0 Å². The first-order valence-electron chi connectivity index (χ1n) is 4.91. The Morgan fingerprint density at radius 2 is 2.47 bits per heavy atom. The topological polar surface area (TPSA) is 76.4 Å². The molecule has 0 unspecified atom stereocenters. The molecule has 0 aliphatic heterocycles. The van der Waals surface area contributed by atoms with E-state index in [4.69, 9.17) is 9.84 Å². The van der Waals surface area contributed by atoms with Crippen LogP contribution in [0.3, 0.4) is 0 Å². The SMILES string of the molecule is CCCCCOc1ccn(NC(=O)O)n1. The largest absolute Gasteiger partial charge is 0.477 e. The average Bonchev–Trinajstić information content (AvgIpc) is 2.59. The Labute approximate surface area is 87.8 Å². The number of rotatable bonds is 6. The van der Waals surface area contributed by atoms with Crippen LogP contribution in [0.25, 0.3) is 0 Å². The van der Waals surface area contributed by atoms with Crippen LogP contribution in [0.5, 0.6) is 5.88 Å². The second-order valence-electron chi connectivity index (χ2n) is 3.07. The van der Waals surface area contributed by atoms with Gasteiger partial charge in [-0.25, -0.2) is 10.2 Å². The summed E-state index contributed by atoms with van der Waals surface area (Å²) >= 11 is 0. The van der Waals surface area contributed by atoms with Crippen LogP contribution >= 0.6 is 0 Å². The third-order valence-corrected chi connectivity index (χ3v) is 1.77. The Morgan fingerprint density at radius 3 is 3.13 bits per heavy atom. The van der Waals surface area contributed by atoms with Crippen LogP contribution in [0.15, 0.2) is 12.3 Å². The lowest BCUT2D eigenvalue weighted by Crippen LogP contribution is -2.20. The molecule has 0 saturated carbocycles. The van der Waals surface area contributed by atoms with Gasteiger partial charge < -0.3 is 9.84 Å². The first-order chi connectivity index (χ1) is 7.22. The van der Waals surface area contributed by atoms with Crippen molar-refractivity contribution in [2.75, 3.05) is 12.0 Å². The van der Waals surface area contributed by atoms with Crippen molar-refractivity contribution in [2.45, 2.75) is 26.2 Å². The highest BCUT2D eigenvalue weighted by atomic mass is 16.5. The monoisotopic (exact) mass is 213 g/mol. The number of nitrogens with zero attached hydrogens (tertiary/aromatic N) is 2. The molecule has 0 aromatic carbocycles. The molecule has 1 heterocycles. The van der Waals surface area contributed by atoms with Gasteiger partial charge in [0.05, 0.1) is 12.8 Å². The van der Waals surface area contributed by atoms with Crippen LogP contribution in [0.1, 0.15) is 26.2 Å². The van der Waals surface area contributed by atoms with Gasteiger partial charge in [-0.3, -0.25) is 0 Å². The minimum atomic E-state index is -1.16. The zero-order chi connectivity index (χ0) is 11.1.